The van der Waals surface area contributed by atoms with Crippen molar-refractivity contribution in [2.45, 2.75) is 38.6 Å². The van der Waals surface area contributed by atoms with E-state index in [0.717, 1.165) is 24.7 Å². The predicted molar refractivity (Wildman–Crippen MR) is 88.7 cm³/mol. The van der Waals surface area contributed by atoms with Gasteiger partial charge in [-0.2, -0.15) is 0 Å². The van der Waals surface area contributed by atoms with Gasteiger partial charge in [0.2, 0.25) is 5.95 Å². The van der Waals surface area contributed by atoms with Crippen molar-refractivity contribution < 1.29 is 0 Å². The molecule has 2 N–H and O–H groups in total. The van der Waals surface area contributed by atoms with Gasteiger partial charge < -0.3 is 10.6 Å². The minimum absolute atomic E-state index is 0.341. The van der Waals surface area contributed by atoms with Crippen LogP contribution in [0.15, 0.2) is 6.07 Å². The zero-order valence-electron chi connectivity index (χ0n) is 12.6. The third-order valence-electron chi connectivity index (χ3n) is 4.45. The molecule has 114 valence electrons. The standard InChI is InChI=1S/C15H23N5S/c1-11-9-13(14(16)21)18-15(17-11)20-8-5-12(10-20)19-6-3-2-4-7-19/h9,12H,2-8,10H2,1H3,(H2,16,21). The first-order valence-corrected chi connectivity index (χ1v) is 8.19. The van der Waals surface area contributed by atoms with Gasteiger partial charge >= 0.3 is 0 Å². The maximum absolute atomic E-state index is 5.71. The fraction of sp³-hybridized carbons (Fsp3) is 0.667. The summed E-state index contributed by atoms with van der Waals surface area (Å²) in [5.41, 5.74) is 7.30. The molecule has 5 nitrogen and oxygen atoms in total. The number of aryl methyl sites for hydroxylation is 1. The molecule has 1 atom stereocenters. The van der Waals surface area contributed by atoms with Crippen LogP contribution < -0.4 is 10.6 Å². The van der Waals surface area contributed by atoms with Crippen molar-refractivity contribution in [2.75, 3.05) is 31.1 Å². The molecule has 0 bridgehead atoms. The van der Waals surface area contributed by atoms with Crippen molar-refractivity contribution in [1.29, 1.82) is 0 Å². The minimum atomic E-state index is 0.341. The summed E-state index contributed by atoms with van der Waals surface area (Å²) in [4.78, 5) is 14.3. The average molecular weight is 305 g/mol. The maximum atomic E-state index is 5.71. The Morgan fingerprint density at radius 2 is 2.00 bits per heavy atom. The fourth-order valence-electron chi connectivity index (χ4n) is 3.33. The summed E-state index contributed by atoms with van der Waals surface area (Å²) in [7, 11) is 0. The SMILES string of the molecule is Cc1cc(C(N)=S)nc(N2CCC(N3CCCCC3)C2)n1. The van der Waals surface area contributed by atoms with Crippen LogP contribution in [0.3, 0.4) is 0 Å². The van der Waals surface area contributed by atoms with E-state index in [1.807, 2.05) is 13.0 Å². The Hall–Kier alpha value is -1.27. The first-order valence-electron chi connectivity index (χ1n) is 7.78. The van der Waals surface area contributed by atoms with E-state index < -0.39 is 0 Å². The van der Waals surface area contributed by atoms with Crippen molar-refractivity contribution in [3.05, 3.63) is 17.5 Å². The van der Waals surface area contributed by atoms with Crippen molar-refractivity contribution in [1.82, 2.24) is 14.9 Å². The van der Waals surface area contributed by atoms with Gasteiger partial charge in [0.1, 0.15) is 10.7 Å². The van der Waals surface area contributed by atoms with Crippen molar-refractivity contribution >= 4 is 23.2 Å². The van der Waals surface area contributed by atoms with E-state index in [1.54, 1.807) is 0 Å². The highest BCUT2D eigenvalue weighted by molar-refractivity contribution is 7.80. The Kier molecular flexibility index (Phi) is 4.35. The fourth-order valence-corrected chi connectivity index (χ4v) is 3.43. The molecule has 1 aromatic rings. The molecular formula is C15H23N5S. The lowest BCUT2D eigenvalue weighted by atomic mass is 10.1. The molecule has 2 fully saturated rings. The van der Waals surface area contributed by atoms with Crippen LogP contribution in [0.2, 0.25) is 0 Å². The van der Waals surface area contributed by atoms with Crippen LogP contribution >= 0.6 is 12.2 Å². The third-order valence-corrected chi connectivity index (χ3v) is 4.66. The van der Waals surface area contributed by atoms with Gasteiger partial charge in [-0.05, 0) is 45.3 Å². The second-order valence-corrected chi connectivity index (χ2v) is 6.48. The molecule has 3 heterocycles. The summed E-state index contributed by atoms with van der Waals surface area (Å²) in [5.74, 6) is 0.775. The number of nitrogens with zero attached hydrogens (tertiary/aromatic N) is 4. The molecule has 2 aliphatic heterocycles. The number of hydrogen-bond donors (Lipinski definition) is 1. The van der Waals surface area contributed by atoms with Gasteiger partial charge in [0.05, 0.1) is 0 Å². The topological polar surface area (TPSA) is 58.3 Å². The monoisotopic (exact) mass is 305 g/mol. The highest BCUT2D eigenvalue weighted by atomic mass is 32.1. The van der Waals surface area contributed by atoms with Gasteiger partial charge in [0.15, 0.2) is 0 Å². The van der Waals surface area contributed by atoms with Crippen molar-refractivity contribution in [3.63, 3.8) is 0 Å². The molecule has 1 aromatic heterocycles. The van der Waals surface area contributed by atoms with Crippen LogP contribution in [0, 0.1) is 6.92 Å². The lowest BCUT2D eigenvalue weighted by Crippen LogP contribution is -2.41. The zero-order valence-corrected chi connectivity index (χ0v) is 13.4. The second-order valence-electron chi connectivity index (χ2n) is 6.04. The van der Waals surface area contributed by atoms with Crippen molar-refractivity contribution in [3.8, 4) is 0 Å². The maximum Gasteiger partial charge on any atom is 0.226 e. The van der Waals surface area contributed by atoms with Gasteiger partial charge in [-0.15, -0.1) is 0 Å². The lowest BCUT2D eigenvalue weighted by molar-refractivity contribution is 0.174. The Bertz CT molecular complexity index is 527. The molecule has 2 saturated heterocycles. The molecule has 6 heteroatoms. The summed E-state index contributed by atoms with van der Waals surface area (Å²) in [5, 5.41) is 0. The lowest BCUT2D eigenvalue weighted by Gasteiger charge is -2.32. The smallest absolute Gasteiger partial charge is 0.226 e. The van der Waals surface area contributed by atoms with Crippen LogP contribution in [-0.2, 0) is 0 Å². The van der Waals surface area contributed by atoms with Gasteiger partial charge in [-0.25, -0.2) is 9.97 Å². The Balaban J connectivity index is 1.72. The number of nitrogens with two attached hydrogens (primary N) is 1. The highest BCUT2D eigenvalue weighted by Gasteiger charge is 2.29. The zero-order chi connectivity index (χ0) is 14.8. The summed E-state index contributed by atoms with van der Waals surface area (Å²) in [6.07, 6.45) is 5.25. The Morgan fingerprint density at radius 3 is 2.71 bits per heavy atom. The number of piperidine rings is 1. The van der Waals surface area contributed by atoms with Gasteiger partial charge in [0, 0.05) is 24.8 Å². The van der Waals surface area contributed by atoms with Crippen molar-refractivity contribution in [2.24, 2.45) is 5.73 Å². The molecule has 0 saturated carbocycles. The Labute approximate surface area is 131 Å². The molecule has 2 aliphatic rings. The molecule has 0 aromatic carbocycles. The molecular weight excluding hydrogens is 282 g/mol. The molecule has 3 rings (SSSR count). The van der Waals surface area contributed by atoms with Gasteiger partial charge in [-0.3, -0.25) is 4.90 Å². The average Bonchev–Trinajstić information content (AvgIpc) is 2.97. The summed E-state index contributed by atoms with van der Waals surface area (Å²) in [6.45, 7) is 6.48. The molecule has 0 amide bonds. The van der Waals surface area contributed by atoms with Crippen LogP contribution in [0.25, 0.3) is 0 Å². The van der Waals surface area contributed by atoms with Crippen LogP contribution in [-0.4, -0.2) is 52.1 Å². The van der Waals surface area contributed by atoms with E-state index in [0.29, 0.717) is 16.7 Å². The number of likely N-dealkylation sites (tertiary alicyclic amines) is 1. The summed E-state index contributed by atoms with van der Waals surface area (Å²) in [6, 6.07) is 2.49. The van der Waals surface area contributed by atoms with E-state index in [9.17, 15) is 0 Å². The number of rotatable bonds is 3. The summed E-state index contributed by atoms with van der Waals surface area (Å²) < 4.78 is 0. The largest absolute Gasteiger partial charge is 0.388 e. The Morgan fingerprint density at radius 1 is 1.24 bits per heavy atom. The van der Waals surface area contributed by atoms with Gasteiger partial charge in [0.25, 0.3) is 0 Å². The molecule has 0 radical (unpaired) electrons. The number of anilines is 1. The molecule has 1 unspecified atom stereocenters. The molecule has 0 aliphatic carbocycles. The van der Waals surface area contributed by atoms with E-state index in [4.69, 9.17) is 18.0 Å². The number of hydrogen-bond acceptors (Lipinski definition) is 5. The molecule has 0 spiro atoms. The molecule has 21 heavy (non-hydrogen) atoms. The van der Waals surface area contributed by atoms with E-state index in [-0.39, 0.29) is 0 Å². The summed E-state index contributed by atoms with van der Waals surface area (Å²) >= 11 is 5.04. The van der Waals surface area contributed by atoms with Crippen LogP contribution in [0.4, 0.5) is 5.95 Å². The van der Waals surface area contributed by atoms with Crippen LogP contribution in [0.5, 0.6) is 0 Å². The first kappa shape index (κ1) is 14.7. The van der Waals surface area contributed by atoms with E-state index >= 15 is 0 Å². The van der Waals surface area contributed by atoms with E-state index in [2.05, 4.69) is 19.8 Å². The van der Waals surface area contributed by atoms with E-state index in [1.165, 1.54) is 38.8 Å². The third kappa shape index (κ3) is 3.32. The normalized spacial score (nSPS) is 23.5. The quantitative estimate of drug-likeness (QED) is 0.854. The predicted octanol–water partition coefficient (Wildman–Crippen LogP) is 1.48. The first-order chi connectivity index (χ1) is 10.1. The second kappa shape index (κ2) is 6.23. The highest BCUT2D eigenvalue weighted by Crippen LogP contribution is 2.23. The van der Waals surface area contributed by atoms with Crippen LogP contribution in [0.1, 0.15) is 37.1 Å². The number of aromatic nitrogens is 2. The number of thiocarbonyl (C=S) groups is 1. The van der Waals surface area contributed by atoms with Gasteiger partial charge in [-0.1, -0.05) is 18.6 Å². The minimum Gasteiger partial charge on any atom is -0.388 e.